The molecule has 0 aliphatic rings. The van der Waals surface area contributed by atoms with Gasteiger partial charge in [-0.1, -0.05) is 36.0 Å². The summed E-state index contributed by atoms with van der Waals surface area (Å²) in [6, 6.07) is 14.1. The van der Waals surface area contributed by atoms with E-state index in [4.69, 9.17) is 4.42 Å². The molecule has 24 heavy (non-hydrogen) atoms. The highest BCUT2D eigenvalue weighted by Crippen LogP contribution is 2.28. The van der Waals surface area contributed by atoms with E-state index in [1.165, 1.54) is 12.1 Å². The molecule has 0 saturated heterocycles. The summed E-state index contributed by atoms with van der Waals surface area (Å²) in [6.07, 6.45) is 3.37. The van der Waals surface area contributed by atoms with E-state index in [1.54, 1.807) is 36.4 Å². The van der Waals surface area contributed by atoms with E-state index in [-0.39, 0.29) is 5.82 Å². The maximum Gasteiger partial charge on any atom is 0.226 e. The molecule has 0 spiro atoms. The molecule has 0 unspecified atom stereocenters. The van der Waals surface area contributed by atoms with Gasteiger partial charge in [0, 0.05) is 22.1 Å². The van der Waals surface area contributed by atoms with Gasteiger partial charge in [-0.2, -0.15) is 5.10 Å². The molecule has 4 nitrogen and oxygen atoms in total. The SMILES string of the molecule is Fc1ccc(-c2nc(CSc3nncc4ccccc34)co2)cc1. The van der Waals surface area contributed by atoms with Crippen LogP contribution in [0.3, 0.4) is 0 Å². The third kappa shape index (κ3) is 3.00. The first-order valence-electron chi connectivity index (χ1n) is 7.33. The molecule has 6 heteroatoms. The number of hydrogen-bond donors (Lipinski definition) is 0. The van der Waals surface area contributed by atoms with Crippen LogP contribution in [-0.2, 0) is 5.75 Å². The van der Waals surface area contributed by atoms with Crippen LogP contribution in [0.15, 0.2) is 70.4 Å². The molecule has 0 atom stereocenters. The third-order valence-electron chi connectivity index (χ3n) is 3.54. The van der Waals surface area contributed by atoms with E-state index in [1.807, 2.05) is 24.3 Å². The van der Waals surface area contributed by atoms with Gasteiger partial charge in [-0.15, -0.1) is 5.10 Å². The Balaban J connectivity index is 1.53. The molecule has 0 bridgehead atoms. The van der Waals surface area contributed by atoms with Crippen LogP contribution in [0, 0.1) is 5.82 Å². The Hall–Kier alpha value is -2.73. The summed E-state index contributed by atoms with van der Waals surface area (Å²) in [7, 11) is 0. The Morgan fingerprint density at radius 3 is 2.75 bits per heavy atom. The summed E-state index contributed by atoms with van der Waals surface area (Å²) < 4.78 is 18.5. The van der Waals surface area contributed by atoms with Crippen molar-refractivity contribution < 1.29 is 8.81 Å². The van der Waals surface area contributed by atoms with Crippen molar-refractivity contribution in [2.45, 2.75) is 10.8 Å². The van der Waals surface area contributed by atoms with Gasteiger partial charge in [0.25, 0.3) is 0 Å². The van der Waals surface area contributed by atoms with Crippen LogP contribution in [0.25, 0.3) is 22.2 Å². The number of rotatable bonds is 4. The summed E-state index contributed by atoms with van der Waals surface area (Å²) in [5, 5.41) is 11.2. The fraction of sp³-hybridized carbons (Fsp3) is 0.0556. The first-order valence-corrected chi connectivity index (χ1v) is 8.32. The first kappa shape index (κ1) is 14.8. The van der Waals surface area contributed by atoms with Gasteiger partial charge in [-0.3, -0.25) is 0 Å². The maximum absolute atomic E-state index is 13.0. The molecule has 2 aromatic carbocycles. The van der Waals surface area contributed by atoms with Crippen LogP contribution in [0.5, 0.6) is 0 Å². The molecule has 118 valence electrons. The highest BCUT2D eigenvalue weighted by molar-refractivity contribution is 7.98. The Morgan fingerprint density at radius 1 is 1.04 bits per heavy atom. The van der Waals surface area contributed by atoms with Crippen LogP contribution >= 0.6 is 11.8 Å². The number of thioether (sulfide) groups is 1. The molecule has 2 aromatic heterocycles. The highest BCUT2D eigenvalue weighted by atomic mass is 32.2. The Labute approximate surface area is 141 Å². The van der Waals surface area contributed by atoms with Crippen molar-refractivity contribution in [3.8, 4) is 11.5 Å². The minimum absolute atomic E-state index is 0.282. The monoisotopic (exact) mass is 337 g/mol. The lowest BCUT2D eigenvalue weighted by Gasteiger charge is -2.02. The van der Waals surface area contributed by atoms with Gasteiger partial charge in [0.05, 0.1) is 11.9 Å². The number of hydrogen-bond acceptors (Lipinski definition) is 5. The molecule has 0 saturated carbocycles. The van der Waals surface area contributed by atoms with Crippen molar-refractivity contribution >= 4 is 22.5 Å². The van der Waals surface area contributed by atoms with E-state index in [0.717, 1.165) is 27.1 Å². The molecule has 2 heterocycles. The normalized spacial score (nSPS) is 11.0. The second kappa shape index (κ2) is 6.41. The van der Waals surface area contributed by atoms with Crippen molar-refractivity contribution in [3.63, 3.8) is 0 Å². The Bertz CT molecular complexity index is 980. The van der Waals surface area contributed by atoms with Crippen LogP contribution < -0.4 is 0 Å². The smallest absolute Gasteiger partial charge is 0.226 e. The van der Waals surface area contributed by atoms with Gasteiger partial charge in [-0.25, -0.2) is 9.37 Å². The fourth-order valence-electron chi connectivity index (χ4n) is 2.35. The quantitative estimate of drug-likeness (QED) is 0.505. The lowest BCUT2D eigenvalue weighted by molar-refractivity contribution is 0.573. The molecule has 4 rings (SSSR count). The maximum atomic E-state index is 13.0. The van der Waals surface area contributed by atoms with Crippen molar-refractivity contribution in [2.24, 2.45) is 0 Å². The second-order valence-corrected chi connectivity index (χ2v) is 6.14. The minimum atomic E-state index is -0.282. The second-order valence-electron chi connectivity index (χ2n) is 5.18. The number of halogens is 1. The van der Waals surface area contributed by atoms with Crippen LogP contribution in [-0.4, -0.2) is 15.2 Å². The number of benzene rings is 2. The highest BCUT2D eigenvalue weighted by Gasteiger charge is 2.09. The standard InChI is InChI=1S/C18H12FN3OS/c19-14-7-5-12(6-8-14)17-21-15(10-23-17)11-24-18-16-4-2-1-3-13(16)9-20-22-18/h1-10H,11H2. The van der Waals surface area contributed by atoms with Crippen molar-refractivity contribution in [3.05, 3.63) is 72.5 Å². The topological polar surface area (TPSA) is 51.8 Å². The van der Waals surface area contributed by atoms with Crippen LogP contribution in [0.2, 0.25) is 0 Å². The summed E-state index contributed by atoms with van der Waals surface area (Å²) in [5.74, 6) is 0.818. The Kier molecular flexibility index (Phi) is 3.96. The average Bonchev–Trinajstić information content (AvgIpc) is 3.09. The number of oxazole rings is 1. The van der Waals surface area contributed by atoms with E-state index >= 15 is 0 Å². The van der Waals surface area contributed by atoms with E-state index in [9.17, 15) is 4.39 Å². The fourth-order valence-corrected chi connectivity index (χ4v) is 3.21. The van der Waals surface area contributed by atoms with Gasteiger partial charge in [0.1, 0.15) is 17.1 Å². The van der Waals surface area contributed by atoms with Crippen LogP contribution in [0.1, 0.15) is 5.69 Å². The van der Waals surface area contributed by atoms with Gasteiger partial charge < -0.3 is 4.42 Å². The van der Waals surface area contributed by atoms with Gasteiger partial charge in [0.15, 0.2) is 0 Å². The minimum Gasteiger partial charge on any atom is -0.444 e. The molecule has 0 fully saturated rings. The largest absolute Gasteiger partial charge is 0.444 e. The van der Waals surface area contributed by atoms with Crippen molar-refractivity contribution in [1.82, 2.24) is 15.2 Å². The van der Waals surface area contributed by atoms with E-state index < -0.39 is 0 Å². The molecular weight excluding hydrogens is 325 g/mol. The third-order valence-corrected chi connectivity index (χ3v) is 4.55. The lowest BCUT2D eigenvalue weighted by atomic mass is 10.2. The molecule has 0 aliphatic carbocycles. The number of nitrogens with zero attached hydrogens (tertiary/aromatic N) is 3. The first-order chi connectivity index (χ1) is 11.8. The van der Waals surface area contributed by atoms with Crippen molar-refractivity contribution in [1.29, 1.82) is 0 Å². The zero-order chi connectivity index (χ0) is 16.4. The lowest BCUT2D eigenvalue weighted by Crippen LogP contribution is -1.89. The zero-order valence-electron chi connectivity index (χ0n) is 12.5. The van der Waals surface area contributed by atoms with Crippen LogP contribution in [0.4, 0.5) is 4.39 Å². The predicted molar refractivity (Wildman–Crippen MR) is 91.0 cm³/mol. The summed E-state index contributed by atoms with van der Waals surface area (Å²) in [4.78, 5) is 4.45. The van der Waals surface area contributed by atoms with Gasteiger partial charge in [-0.05, 0) is 24.3 Å². The molecule has 0 radical (unpaired) electrons. The summed E-state index contributed by atoms with van der Waals surface area (Å²) >= 11 is 1.56. The van der Waals surface area contributed by atoms with E-state index in [2.05, 4.69) is 15.2 Å². The Morgan fingerprint density at radius 2 is 1.88 bits per heavy atom. The summed E-state index contributed by atoms with van der Waals surface area (Å²) in [6.45, 7) is 0. The summed E-state index contributed by atoms with van der Waals surface area (Å²) in [5.41, 5.74) is 1.55. The number of aromatic nitrogens is 3. The van der Waals surface area contributed by atoms with E-state index in [0.29, 0.717) is 11.6 Å². The predicted octanol–water partition coefficient (Wildman–Crippen LogP) is 4.72. The van der Waals surface area contributed by atoms with Gasteiger partial charge in [0.2, 0.25) is 5.89 Å². The molecule has 0 N–H and O–H groups in total. The molecule has 4 aromatic rings. The number of fused-ring (bicyclic) bond motifs is 1. The molecule has 0 amide bonds. The van der Waals surface area contributed by atoms with Gasteiger partial charge >= 0.3 is 0 Å². The van der Waals surface area contributed by atoms with Crippen molar-refractivity contribution in [2.75, 3.05) is 0 Å². The molecular formula is C18H12FN3OS. The zero-order valence-corrected chi connectivity index (χ0v) is 13.3. The molecule has 0 aliphatic heterocycles. The average molecular weight is 337 g/mol.